The van der Waals surface area contributed by atoms with Gasteiger partial charge in [0.1, 0.15) is 0 Å². The Morgan fingerprint density at radius 1 is 1.25 bits per heavy atom. The molecule has 5 heteroatoms. The van der Waals surface area contributed by atoms with Crippen LogP contribution in [-0.4, -0.2) is 31.2 Å². The molecular weight excluding hydrogens is 222 g/mol. The fourth-order valence-corrected chi connectivity index (χ4v) is 2.99. The van der Waals surface area contributed by atoms with Crippen molar-refractivity contribution in [1.29, 1.82) is 0 Å². The van der Waals surface area contributed by atoms with Crippen LogP contribution in [0.3, 0.4) is 0 Å². The van der Waals surface area contributed by atoms with Gasteiger partial charge in [0.2, 0.25) is 0 Å². The molecule has 2 heterocycles. The van der Waals surface area contributed by atoms with E-state index in [2.05, 4.69) is 21.3 Å². The van der Waals surface area contributed by atoms with E-state index in [9.17, 15) is 4.79 Å². The number of thiazole rings is 1. The third-order valence-corrected chi connectivity index (χ3v) is 3.80. The maximum atomic E-state index is 11.4. The molecule has 16 heavy (non-hydrogen) atoms. The number of H-pyrrole nitrogens is 1. The van der Waals surface area contributed by atoms with E-state index < -0.39 is 0 Å². The van der Waals surface area contributed by atoms with Gasteiger partial charge in [-0.2, -0.15) is 0 Å². The van der Waals surface area contributed by atoms with Crippen molar-refractivity contribution < 1.29 is 0 Å². The molecule has 1 aliphatic rings. The molecule has 0 radical (unpaired) electrons. The summed E-state index contributed by atoms with van der Waals surface area (Å²) in [6, 6.07) is 6.05. The Morgan fingerprint density at radius 2 is 2.06 bits per heavy atom. The zero-order valence-electron chi connectivity index (χ0n) is 8.82. The minimum absolute atomic E-state index is 0.0255. The van der Waals surface area contributed by atoms with Crippen molar-refractivity contribution in [1.82, 2.24) is 10.3 Å². The average Bonchev–Trinajstić information content (AvgIpc) is 2.70. The molecule has 0 saturated carbocycles. The Labute approximate surface area is 96.9 Å². The summed E-state index contributed by atoms with van der Waals surface area (Å²) in [4.78, 5) is 16.6. The molecule has 1 aromatic carbocycles. The highest BCUT2D eigenvalue weighted by atomic mass is 32.1. The molecule has 0 amide bonds. The first kappa shape index (κ1) is 9.86. The molecule has 2 aromatic rings. The second kappa shape index (κ2) is 3.92. The van der Waals surface area contributed by atoms with Gasteiger partial charge in [-0.15, -0.1) is 0 Å². The SMILES string of the molecule is O=c1[nH]c2cccc(N3CCNCC3)c2s1. The number of hydrogen-bond donors (Lipinski definition) is 2. The van der Waals surface area contributed by atoms with E-state index in [1.165, 1.54) is 17.0 Å². The van der Waals surface area contributed by atoms with E-state index in [0.717, 1.165) is 36.4 Å². The fraction of sp³-hybridized carbons (Fsp3) is 0.364. The largest absolute Gasteiger partial charge is 0.368 e. The van der Waals surface area contributed by atoms with Crippen molar-refractivity contribution in [3.63, 3.8) is 0 Å². The highest BCUT2D eigenvalue weighted by molar-refractivity contribution is 7.17. The average molecular weight is 235 g/mol. The summed E-state index contributed by atoms with van der Waals surface area (Å²) in [5.41, 5.74) is 2.13. The summed E-state index contributed by atoms with van der Waals surface area (Å²) in [7, 11) is 0. The van der Waals surface area contributed by atoms with E-state index in [1.807, 2.05) is 12.1 Å². The van der Waals surface area contributed by atoms with Gasteiger partial charge < -0.3 is 15.2 Å². The van der Waals surface area contributed by atoms with Gasteiger partial charge in [-0.3, -0.25) is 4.79 Å². The topological polar surface area (TPSA) is 48.1 Å². The van der Waals surface area contributed by atoms with Crippen LogP contribution >= 0.6 is 11.3 Å². The van der Waals surface area contributed by atoms with Gasteiger partial charge in [0, 0.05) is 26.2 Å². The van der Waals surface area contributed by atoms with Gasteiger partial charge in [-0.1, -0.05) is 17.4 Å². The second-order valence-electron chi connectivity index (χ2n) is 3.91. The summed E-state index contributed by atoms with van der Waals surface area (Å²) in [6.07, 6.45) is 0. The van der Waals surface area contributed by atoms with Crippen LogP contribution < -0.4 is 15.1 Å². The molecule has 4 nitrogen and oxygen atoms in total. The normalized spacial score (nSPS) is 16.9. The van der Waals surface area contributed by atoms with Crippen LogP contribution in [0.5, 0.6) is 0 Å². The lowest BCUT2D eigenvalue weighted by molar-refractivity contribution is 0.590. The minimum Gasteiger partial charge on any atom is -0.368 e. The highest BCUT2D eigenvalue weighted by Crippen LogP contribution is 2.27. The molecule has 1 saturated heterocycles. The fourth-order valence-electron chi connectivity index (χ4n) is 2.11. The van der Waals surface area contributed by atoms with Crippen LogP contribution in [0.4, 0.5) is 5.69 Å². The van der Waals surface area contributed by atoms with Gasteiger partial charge in [0.05, 0.1) is 15.9 Å². The van der Waals surface area contributed by atoms with E-state index in [4.69, 9.17) is 0 Å². The van der Waals surface area contributed by atoms with Crippen LogP contribution in [0, 0.1) is 0 Å². The Balaban J connectivity index is 2.11. The lowest BCUT2D eigenvalue weighted by Crippen LogP contribution is -2.43. The zero-order chi connectivity index (χ0) is 11.0. The molecule has 0 spiro atoms. The maximum absolute atomic E-state index is 11.4. The van der Waals surface area contributed by atoms with Crippen molar-refractivity contribution in [2.24, 2.45) is 0 Å². The number of anilines is 1. The predicted octanol–water partition coefficient (Wildman–Crippen LogP) is 0.999. The van der Waals surface area contributed by atoms with E-state index in [1.54, 1.807) is 0 Å². The van der Waals surface area contributed by atoms with Crippen LogP contribution in [0.1, 0.15) is 0 Å². The monoisotopic (exact) mass is 235 g/mol. The third kappa shape index (κ3) is 1.62. The number of nitrogens with zero attached hydrogens (tertiary/aromatic N) is 1. The quantitative estimate of drug-likeness (QED) is 0.775. The summed E-state index contributed by atoms with van der Waals surface area (Å²) < 4.78 is 1.08. The Kier molecular flexibility index (Phi) is 2.41. The molecule has 0 bridgehead atoms. The molecule has 0 aliphatic carbocycles. The molecule has 2 N–H and O–H groups in total. The van der Waals surface area contributed by atoms with Gasteiger partial charge in [-0.05, 0) is 12.1 Å². The van der Waals surface area contributed by atoms with Crippen LogP contribution in [0.25, 0.3) is 10.2 Å². The molecule has 1 fully saturated rings. The molecule has 84 valence electrons. The van der Waals surface area contributed by atoms with Gasteiger partial charge in [0.15, 0.2) is 0 Å². The maximum Gasteiger partial charge on any atom is 0.305 e. The first-order chi connectivity index (χ1) is 7.84. The first-order valence-electron chi connectivity index (χ1n) is 5.42. The number of rotatable bonds is 1. The Morgan fingerprint density at radius 3 is 2.88 bits per heavy atom. The van der Waals surface area contributed by atoms with E-state index >= 15 is 0 Å². The van der Waals surface area contributed by atoms with E-state index in [0.29, 0.717) is 0 Å². The van der Waals surface area contributed by atoms with E-state index in [-0.39, 0.29) is 4.87 Å². The van der Waals surface area contributed by atoms with Crippen LogP contribution in [0.2, 0.25) is 0 Å². The molecule has 0 unspecified atom stereocenters. The summed E-state index contributed by atoms with van der Waals surface area (Å²) in [6.45, 7) is 4.03. The number of benzene rings is 1. The minimum atomic E-state index is 0.0255. The lowest BCUT2D eigenvalue weighted by Gasteiger charge is -2.29. The summed E-state index contributed by atoms with van der Waals surface area (Å²) in [5.74, 6) is 0. The van der Waals surface area contributed by atoms with Gasteiger partial charge in [-0.25, -0.2) is 0 Å². The van der Waals surface area contributed by atoms with Crippen molar-refractivity contribution in [2.45, 2.75) is 0 Å². The van der Waals surface area contributed by atoms with Crippen molar-refractivity contribution in [3.8, 4) is 0 Å². The standard InChI is InChI=1S/C11H13N3OS/c15-11-13-8-2-1-3-9(10(8)16-11)14-6-4-12-5-7-14/h1-3,12H,4-7H2,(H,13,15). The lowest BCUT2D eigenvalue weighted by atomic mass is 10.2. The number of hydrogen-bond acceptors (Lipinski definition) is 4. The van der Waals surface area contributed by atoms with Gasteiger partial charge >= 0.3 is 4.87 Å². The van der Waals surface area contributed by atoms with Crippen LogP contribution in [-0.2, 0) is 0 Å². The molecular formula is C11H13N3OS. The van der Waals surface area contributed by atoms with Gasteiger partial charge in [0.25, 0.3) is 0 Å². The summed E-state index contributed by atoms with van der Waals surface area (Å²) in [5, 5.41) is 3.33. The third-order valence-electron chi connectivity index (χ3n) is 2.88. The molecule has 1 aromatic heterocycles. The predicted molar refractivity (Wildman–Crippen MR) is 67.5 cm³/mol. The van der Waals surface area contributed by atoms with Crippen molar-refractivity contribution in [3.05, 3.63) is 27.9 Å². The Bertz CT molecular complexity index is 554. The molecule has 1 aliphatic heterocycles. The van der Waals surface area contributed by atoms with Crippen LogP contribution in [0.15, 0.2) is 23.0 Å². The molecule has 0 atom stereocenters. The highest BCUT2D eigenvalue weighted by Gasteiger charge is 2.14. The van der Waals surface area contributed by atoms with Crippen molar-refractivity contribution >= 4 is 27.2 Å². The second-order valence-corrected chi connectivity index (χ2v) is 4.89. The van der Waals surface area contributed by atoms with Crippen molar-refractivity contribution in [2.75, 3.05) is 31.1 Å². The molecule has 3 rings (SSSR count). The smallest absolute Gasteiger partial charge is 0.305 e. The number of aromatic nitrogens is 1. The summed E-state index contributed by atoms with van der Waals surface area (Å²) >= 11 is 1.30. The number of aromatic amines is 1. The number of nitrogens with one attached hydrogen (secondary N) is 2. The Hall–Kier alpha value is -1.33. The first-order valence-corrected chi connectivity index (χ1v) is 6.24. The number of piperazine rings is 1. The zero-order valence-corrected chi connectivity index (χ0v) is 9.64. The number of fused-ring (bicyclic) bond motifs is 1.